The Morgan fingerprint density at radius 3 is 1.75 bits per heavy atom. The van der Waals surface area contributed by atoms with Crippen molar-refractivity contribution in [2.24, 2.45) is 5.41 Å². The van der Waals surface area contributed by atoms with Crippen LogP contribution in [0.25, 0.3) is 0 Å². The van der Waals surface area contributed by atoms with Crippen molar-refractivity contribution in [2.45, 2.75) is 116 Å². The fourth-order valence-electron chi connectivity index (χ4n) is 3.69. The number of rotatable bonds is 12. The highest BCUT2D eigenvalue weighted by Crippen LogP contribution is 2.41. The lowest BCUT2D eigenvalue weighted by Gasteiger charge is -2.30. The molecule has 1 saturated carbocycles. The summed E-state index contributed by atoms with van der Waals surface area (Å²) in [6, 6.07) is 0. The van der Waals surface area contributed by atoms with Crippen molar-refractivity contribution in [3.63, 3.8) is 0 Å². The van der Waals surface area contributed by atoms with Gasteiger partial charge in [-0.25, -0.2) is 0 Å². The molecule has 0 aliphatic heterocycles. The number of hydrogen-bond donors (Lipinski definition) is 1. The van der Waals surface area contributed by atoms with Crippen LogP contribution in [0.15, 0.2) is 0 Å². The SMILES string of the molecule is CCCCCCCCCCCCC(O)C1(C)CCCC1. The molecule has 1 rings (SSSR count). The predicted octanol–water partition coefficient (Wildman–Crippen LogP) is 6.24. The fourth-order valence-corrected chi connectivity index (χ4v) is 3.69. The zero-order valence-electron chi connectivity index (χ0n) is 14.1. The van der Waals surface area contributed by atoms with Crippen LogP contribution in [-0.2, 0) is 0 Å². The van der Waals surface area contributed by atoms with Crippen LogP contribution in [0.3, 0.4) is 0 Å². The molecular weight excluding hydrogens is 244 g/mol. The lowest BCUT2D eigenvalue weighted by molar-refractivity contribution is 0.0330. The van der Waals surface area contributed by atoms with Crippen molar-refractivity contribution in [2.75, 3.05) is 0 Å². The first-order valence-corrected chi connectivity index (χ1v) is 9.37. The Labute approximate surface area is 127 Å². The van der Waals surface area contributed by atoms with E-state index in [0.717, 1.165) is 6.42 Å². The van der Waals surface area contributed by atoms with E-state index in [-0.39, 0.29) is 11.5 Å². The third-order valence-electron chi connectivity index (χ3n) is 5.38. The Bertz CT molecular complexity index is 218. The predicted molar refractivity (Wildman–Crippen MR) is 89.0 cm³/mol. The van der Waals surface area contributed by atoms with Crippen LogP contribution in [0.2, 0.25) is 0 Å². The lowest BCUT2D eigenvalue weighted by atomic mass is 9.80. The Morgan fingerprint density at radius 1 is 0.800 bits per heavy atom. The monoisotopic (exact) mass is 282 g/mol. The van der Waals surface area contributed by atoms with Gasteiger partial charge in [0.25, 0.3) is 0 Å². The van der Waals surface area contributed by atoms with E-state index in [1.807, 2.05) is 0 Å². The van der Waals surface area contributed by atoms with Crippen molar-refractivity contribution in [3.05, 3.63) is 0 Å². The Balaban J connectivity index is 1.87. The molecule has 120 valence electrons. The van der Waals surface area contributed by atoms with Crippen LogP contribution in [0.5, 0.6) is 0 Å². The third-order valence-corrected chi connectivity index (χ3v) is 5.38. The number of hydrogen-bond acceptors (Lipinski definition) is 1. The van der Waals surface area contributed by atoms with Gasteiger partial charge in [0.2, 0.25) is 0 Å². The first-order valence-electron chi connectivity index (χ1n) is 9.37. The molecule has 0 amide bonds. The highest BCUT2D eigenvalue weighted by atomic mass is 16.3. The second-order valence-corrected chi connectivity index (χ2v) is 7.35. The summed E-state index contributed by atoms with van der Waals surface area (Å²) in [6.45, 7) is 4.57. The van der Waals surface area contributed by atoms with E-state index in [1.165, 1.54) is 89.9 Å². The van der Waals surface area contributed by atoms with Gasteiger partial charge in [0.05, 0.1) is 6.10 Å². The van der Waals surface area contributed by atoms with Crippen LogP contribution in [0.1, 0.15) is 110 Å². The summed E-state index contributed by atoms with van der Waals surface area (Å²) >= 11 is 0. The van der Waals surface area contributed by atoms with E-state index >= 15 is 0 Å². The van der Waals surface area contributed by atoms with Crippen LogP contribution in [-0.4, -0.2) is 11.2 Å². The molecule has 0 aromatic carbocycles. The minimum atomic E-state index is -0.0426. The van der Waals surface area contributed by atoms with Crippen LogP contribution < -0.4 is 0 Å². The van der Waals surface area contributed by atoms with Gasteiger partial charge in [-0.05, 0) is 24.7 Å². The van der Waals surface area contributed by atoms with Gasteiger partial charge in [-0.2, -0.15) is 0 Å². The van der Waals surface area contributed by atoms with Crippen molar-refractivity contribution in [3.8, 4) is 0 Å². The summed E-state index contributed by atoms with van der Waals surface area (Å²) in [5.74, 6) is 0. The van der Waals surface area contributed by atoms with Gasteiger partial charge in [0, 0.05) is 0 Å². The van der Waals surface area contributed by atoms with Crippen LogP contribution >= 0.6 is 0 Å². The van der Waals surface area contributed by atoms with E-state index in [0.29, 0.717) is 0 Å². The number of aliphatic hydroxyl groups is 1. The van der Waals surface area contributed by atoms with Gasteiger partial charge in [-0.3, -0.25) is 0 Å². The van der Waals surface area contributed by atoms with Gasteiger partial charge < -0.3 is 5.11 Å². The minimum Gasteiger partial charge on any atom is -0.393 e. The molecule has 0 heterocycles. The molecule has 1 aliphatic carbocycles. The average molecular weight is 283 g/mol. The molecule has 1 atom stereocenters. The molecule has 0 radical (unpaired) electrons. The molecule has 1 fully saturated rings. The van der Waals surface area contributed by atoms with Crippen molar-refractivity contribution in [1.82, 2.24) is 0 Å². The second-order valence-electron chi connectivity index (χ2n) is 7.35. The third kappa shape index (κ3) is 7.11. The minimum absolute atomic E-state index is 0.0426. The molecule has 0 aromatic rings. The Morgan fingerprint density at radius 2 is 1.25 bits per heavy atom. The van der Waals surface area contributed by atoms with Gasteiger partial charge >= 0.3 is 0 Å². The normalized spacial score (nSPS) is 19.4. The quantitative estimate of drug-likeness (QED) is 0.420. The van der Waals surface area contributed by atoms with E-state index in [4.69, 9.17) is 0 Å². The Hall–Kier alpha value is -0.0400. The van der Waals surface area contributed by atoms with Crippen molar-refractivity contribution >= 4 is 0 Å². The maximum atomic E-state index is 10.3. The van der Waals surface area contributed by atoms with Gasteiger partial charge in [0.15, 0.2) is 0 Å². The smallest absolute Gasteiger partial charge is 0.0593 e. The highest BCUT2D eigenvalue weighted by molar-refractivity contribution is 4.86. The van der Waals surface area contributed by atoms with Gasteiger partial charge in [-0.15, -0.1) is 0 Å². The molecule has 0 spiro atoms. The number of unbranched alkanes of at least 4 members (excludes halogenated alkanes) is 9. The molecule has 0 bridgehead atoms. The molecule has 0 saturated heterocycles. The Kier molecular flexibility index (Phi) is 9.59. The zero-order valence-corrected chi connectivity index (χ0v) is 14.1. The van der Waals surface area contributed by atoms with E-state index in [2.05, 4.69) is 13.8 Å². The fraction of sp³-hybridized carbons (Fsp3) is 1.00. The topological polar surface area (TPSA) is 20.2 Å². The van der Waals surface area contributed by atoms with Gasteiger partial charge in [0.1, 0.15) is 0 Å². The highest BCUT2D eigenvalue weighted by Gasteiger charge is 2.35. The first kappa shape index (κ1) is 18.0. The molecule has 1 aliphatic rings. The summed E-state index contributed by atoms with van der Waals surface area (Å²) in [4.78, 5) is 0. The standard InChI is InChI=1S/C19H38O/c1-3-4-5-6-7-8-9-10-11-12-15-18(20)19(2)16-13-14-17-19/h18,20H,3-17H2,1-2H3. The van der Waals surface area contributed by atoms with E-state index in [9.17, 15) is 5.11 Å². The largest absolute Gasteiger partial charge is 0.393 e. The van der Waals surface area contributed by atoms with Crippen molar-refractivity contribution in [1.29, 1.82) is 0 Å². The molecule has 1 heteroatoms. The molecule has 1 nitrogen and oxygen atoms in total. The molecule has 20 heavy (non-hydrogen) atoms. The second kappa shape index (κ2) is 10.7. The summed E-state index contributed by atoms with van der Waals surface area (Å²) in [5, 5.41) is 10.3. The summed E-state index contributed by atoms with van der Waals surface area (Å²) in [7, 11) is 0. The van der Waals surface area contributed by atoms with Crippen LogP contribution in [0, 0.1) is 5.41 Å². The maximum absolute atomic E-state index is 10.3. The van der Waals surface area contributed by atoms with Gasteiger partial charge in [-0.1, -0.05) is 90.9 Å². The molecular formula is C19H38O. The summed E-state index contributed by atoms with van der Waals surface area (Å²) in [5.41, 5.74) is 0.249. The zero-order chi connectivity index (χ0) is 14.7. The summed E-state index contributed by atoms with van der Waals surface area (Å²) in [6.07, 6.45) is 19.9. The van der Waals surface area contributed by atoms with Crippen molar-refractivity contribution < 1.29 is 5.11 Å². The summed E-state index contributed by atoms with van der Waals surface area (Å²) < 4.78 is 0. The lowest BCUT2D eigenvalue weighted by Crippen LogP contribution is -2.29. The first-order chi connectivity index (χ1) is 9.69. The molecule has 1 N–H and O–H groups in total. The molecule has 1 unspecified atom stereocenters. The maximum Gasteiger partial charge on any atom is 0.0593 e. The number of aliphatic hydroxyl groups excluding tert-OH is 1. The van der Waals surface area contributed by atoms with E-state index < -0.39 is 0 Å². The van der Waals surface area contributed by atoms with E-state index in [1.54, 1.807) is 0 Å². The van der Waals surface area contributed by atoms with Crippen LogP contribution in [0.4, 0.5) is 0 Å². The molecule has 0 aromatic heterocycles. The average Bonchev–Trinajstić information content (AvgIpc) is 2.89.